The van der Waals surface area contributed by atoms with Crippen LogP contribution in [0.1, 0.15) is 18.1 Å². The van der Waals surface area contributed by atoms with Crippen molar-refractivity contribution in [2.75, 3.05) is 0 Å². The molecule has 94 valence electrons. The van der Waals surface area contributed by atoms with Crippen LogP contribution in [0.25, 0.3) is 0 Å². The molecular weight excluding hydrogens is 232 g/mol. The molecule has 2 N–H and O–H groups in total. The van der Waals surface area contributed by atoms with Crippen LogP contribution in [0.2, 0.25) is 0 Å². The quantitative estimate of drug-likeness (QED) is 0.884. The summed E-state index contributed by atoms with van der Waals surface area (Å²) in [6.45, 7) is 1.81. The maximum atomic E-state index is 13.6. The van der Waals surface area contributed by atoms with Gasteiger partial charge in [0.05, 0.1) is 0 Å². The summed E-state index contributed by atoms with van der Waals surface area (Å²) in [5, 5.41) is 0. The van der Waals surface area contributed by atoms with Gasteiger partial charge in [0.25, 0.3) is 0 Å². The van der Waals surface area contributed by atoms with Crippen molar-refractivity contribution in [1.82, 2.24) is 0 Å². The molecule has 0 aliphatic rings. The Bertz CT molecular complexity index is 532. The standard InChI is InChI=1S/C15H15F2N/c1-15(18,12-6-8-13(16)9-7-12)10-11-4-2-3-5-14(11)17/h2-9H,10,18H2,1H3. The van der Waals surface area contributed by atoms with E-state index in [9.17, 15) is 8.78 Å². The Kier molecular flexibility index (Phi) is 3.43. The first-order valence-electron chi connectivity index (χ1n) is 5.77. The monoisotopic (exact) mass is 247 g/mol. The van der Waals surface area contributed by atoms with Gasteiger partial charge in [0.15, 0.2) is 0 Å². The van der Waals surface area contributed by atoms with Crippen molar-refractivity contribution < 1.29 is 8.78 Å². The average Bonchev–Trinajstić information content (AvgIpc) is 2.32. The van der Waals surface area contributed by atoms with Gasteiger partial charge in [0.2, 0.25) is 0 Å². The minimum absolute atomic E-state index is 0.267. The molecule has 0 amide bonds. The zero-order valence-corrected chi connectivity index (χ0v) is 10.2. The first-order valence-corrected chi connectivity index (χ1v) is 5.77. The summed E-state index contributed by atoms with van der Waals surface area (Å²) in [7, 11) is 0. The van der Waals surface area contributed by atoms with E-state index in [0.717, 1.165) is 5.56 Å². The van der Waals surface area contributed by atoms with Crippen molar-refractivity contribution in [3.63, 3.8) is 0 Å². The van der Waals surface area contributed by atoms with E-state index in [1.54, 1.807) is 30.3 Å². The number of hydrogen-bond acceptors (Lipinski definition) is 1. The Morgan fingerprint density at radius 1 is 1.00 bits per heavy atom. The molecule has 3 heteroatoms. The van der Waals surface area contributed by atoms with E-state index in [1.807, 2.05) is 6.92 Å². The molecule has 0 bridgehead atoms. The highest BCUT2D eigenvalue weighted by molar-refractivity contribution is 5.28. The number of benzene rings is 2. The zero-order valence-electron chi connectivity index (χ0n) is 10.2. The van der Waals surface area contributed by atoms with Crippen LogP contribution in [-0.4, -0.2) is 0 Å². The molecule has 0 saturated carbocycles. The molecule has 1 nitrogen and oxygen atoms in total. The number of nitrogens with two attached hydrogens (primary N) is 1. The van der Waals surface area contributed by atoms with Crippen LogP contribution in [0, 0.1) is 11.6 Å². The van der Waals surface area contributed by atoms with Gasteiger partial charge in [-0.05, 0) is 42.7 Å². The van der Waals surface area contributed by atoms with Gasteiger partial charge in [-0.2, -0.15) is 0 Å². The Labute approximate surface area is 105 Å². The summed E-state index contributed by atoms with van der Waals surface area (Å²) >= 11 is 0. The predicted molar refractivity (Wildman–Crippen MR) is 68.0 cm³/mol. The second-order valence-corrected chi connectivity index (χ2v) is 4.69. The molecule has 0 saturated heterocycles. The van der Waals surface area contributed by atoms with Gasteiger partial charge < -0.3 is 5.73 Å². The molecule has 18 heavy (non-hydrogen) atoms. The Morgan fingerprint density at radius 2 is 1.61 bits per heavy atom. The third-order valence-corrected chi connectivity index (χ3v) is 3.02. The van der Waals surface area contributed by atoms with Crippen molar-refractivity contribution >= 4 is 0 Å². The summed E-state index contributed by atoms with van der Waals surface area (Å²) in [5.41, 5.74) is 6.82. The summed E-state index contributed by atoms with van der Waals surface area (Å²) in [6, 6.07) is 12.5. The van der Waals surface area contributed by atoms with Gasteiger partial charge >= 0.3 is 0 Å². The highest BCUT2D eigenvalue weighted by Crippen LogP contribution is 2.24. The summed E-state index contributed by atoms with van der Waals surface area (Å²) < 4.78 is 26.4. The molecule has 2 aromatic rings. The molecule has 0 heterocycles. The minimum Gasteiger partial charge on any atom is -0.321 e. The van der Waals surface area contributed by atoms with E-state index in [2.05, 4.69) is 0 Å². The van der Waals surface area contributed by atoms with Crippen LogP contribution >= 0.6 is 0 Å². The number of rotatable bonds is 3. The van der Waals surface area contributed by atoms with Crippen molar-refractivity contribution in [3.8, 4) is 0 Å². The van der Waals surface area contributed by atoms with Crippen molar-refractivity contribution in [3.05, 3.63) is 71.3 Å². The summed E-state index contributed by atoms with van der Waals surface area (Å²) in [5.74, 6) is -0.572. The fourth-order valence-electron chi connectivity index (χ4n) is 1.97. The molecule has 0 aliphatic carbocycles. The van der Waals surface area contributed by atoms with Crippen LogP contribution in [0.3, 0.4) is 0 Å². The molecule has 2 aromatic carbocycles. The maximum absolute atomic E-state index is 13.6. The van der Waals surface area contributed by atoms with Gasteiger partial charge in [0, 0.05) is 5.54 Å². The molecule has 0 fully saturated rings. The van der Waals surface area contributed by atoms with Gasteiger partial charge in [-0.25, -0.2) is 8.78 Å². The number of halogens is 2. The van der Waals surface area contributed by atoms with Gasteiger partial charge in [0.1, 0.15) is 11.6 Å². The van der Waals surface area contributed by atoms with Crippen LogP contribution in [-0.2, 0) is 12.0 Å². The third kappa shape index (κ3) is 2.74. The highest BCUT2D eigenvalue weighted by atomic mass is 19.1. The van der Waals surface area contributed by atoms with E-state index < -0.39 is 5.54 Å². The van der Waals surface area contributed by atoms with E-state index in [-0.39, 0.29) is 11.6 Å². The fraction of sp³-hybridized carbons (Fsp3) is 0.200. The lowest BCUT2D eigenvalue weighted by atomic mass is 9.86. The smallest absolute Gasteiger partial charge is 0.126 e. The molecule has 0 aromatic heterocycles. The van der Waals surface area contributed by atoms with Crippen molar-refractivity contribution in [2.24, 2.45) is 5.73 Å². The molecule has 0 spiro atoms. The van der Waals surface area contributed by atoms with Crippen LogP contribution < -0.4 is 5.73 Å². The maximum Gasteiger partial charge on any atom is 0.126 e. The van der Waals surface area contributed by atoms with Crippen molar-refractivity contribution in [2.45, 2.75) is 18.9 Å². The normalized spacial score (nSPS) is 14.2. The van der Waals surface area contributed by atoms with E-state index in [1.165, 1.54) is 18.2 Å². The van der Waals surface area contributed by atoms with E-state index in [0.29, 0.717) is 12.0 Å². The molecule has 2 rings (SSSR count). The molecule has 1 unspecified atom stereocenters. The molecule has 0 radical (unpaired) electrons. The van der Waals surface area contributed by atoms with Crippen LogP contribution in [0.5, 0.6) is 0 Å². The average molecular weight is 247 g/mol. The van der Waals surface area contributed by atoms with Crippen molar-refractivity contribution in [1.29, 1.82) is 0 Å². The zero-order chi connectivity index (χ0) is 13.2. The van der Waals surface area contributed by atoms with E-state index >= 15 is 0 Å². The Balaban J connectivity index is 2.27. The fourth-order valence-corrected chi connectivity index (χ4v) is 1.97. The summed E-state index contributed by atoms with van der Waals surface area (Å²) in [6.07, 6.45) is 0.366. The minimum atomic E-state index is -0.726. The Morgan fingerprint density at radius 3 is 2.22 bits per heavy atom. The first-order chi connectivity index (χ1) is 8.49. The number of hydrogen-bond donors (Lipinski definition) is 1. The lowest BCUT2D eigenvalue weighted by Crippen LogP contribution is -2.35. The lowest BCUT2D eigenvalue weighted by molar-refractivity contribution is 0.474. The second kappa shape index (κ2) is 4.86. The molecular formula is C15H15F2N. The largest absolute Gasteiger partial charge is 0.321 e. The molecule has 0 aliphatic heterocycles. The lowest BCUT2D eigenvalue weighted by Gasteiger charge is -2.25. The highest BCUT2D eigenvalue weighted by Gasteiger charge is 2.23. The first kappa shape index (κ1) is 12.7. The molecule has 1 atom stereocenters. The van der Waals surface area contributed by atoms with Gasteiger partial charge in [-0.1, -0.05) is 30.3 Å². The van der Waals surface area contributed by atoms with Gasteiger partial charge in [-0.3, -0.25) is 0 Å². The predicted octanol–water partition coefficient (Wildman–Crippen LogP) is 3.38. The third-order valence-electron chi connectivity index (χ3n) is 3.02. The van der Waals surface area contributed by atoms with Gasteiger partial charge in [-0.15, -0.1) is 0 Å². The van der Waals surface area contributed by atoms with Crippen LogP contribution in [0.15, 0.2) is 48.5 Å². The topological polar surface area (TPSA) is 26.0 Å². The van der Waals surface area contributed by atoms with E-state index in [4.69, 9.17) is 5.73 Å². The summed E-state index contributed by atoms with van der Waals surface area (Å²) in [4.78, 5) is 0. The SMILES string of the molecule is CC(N)(Cc1ccccc1F)c1ccc(F)cc1. The second-order valence-electron chi connectivity index (χ2n) is 4.69. The van der Waals surface area contributed by atoms with Crippen LogP contribution in [0.4, 0.5) is 8.78 Å². The Hall–Kier alpha value is -1.74.